The first kappa shape index (κ1) is 11.0. The minimum absolute atomic E-state index is 0.328. The molecule has 15 heavy (non-hydrogen) atoms. The highest BCUT2D eigenvalue weighted by Gasteiger charge is 2.28. The van der Waals surface area contributed by atoms with Crippen LogP contribution >= 0.6 is 11.6 Å². The normalized spacial score (nSPS) is 18.0. The maximum atomic E-state index is 6.19. The van der Waals surface area contributed by atoms with E-state index in [0.29, 0.717) is 5.38 Å². The summed E-state index contributed by atoms with van der Waals surface area (Å²) >= 11 is 6.19. The van der Waals surface area contributed by atoms with Gasteiger partial charge in [0.05, 0.1) is 0 Å². The minimum Gasteiger partial charge on any atom is -0.334 e. The largest absolute Gasteiger partial charge is 0.334 e. The third-order valence-corrected chi connectivity index (χ3v) is 3.44. The van der Waals surface area contributed by atoms with E-state index in [2.05, 4.69) is 14.9 Å². The molecule has 0 aliphatic heterocycles. The third kappa shape index (κ3) is 3.21. The predicted octanol–water partition coefficient (Wildman–Crippen LogP) is 1.80. The Balaban J connectivity index is 1.60. The fourth-order valence-corrected chi connectivity index (χ4v) is 2.07. The van der Waals surface area contributed by atoms with Crippen molar-refractivity contribution in [3.8, 4) is 0 Å². The number of halogens is 1. The molecule has 0 saturated heterocycles. The Bertz CT molecular complexity index is 307. The van der Waals surface area contributed by atoms with Crippen LogP contribution < -0.4 is 5.32 Å². The number of nitrogens with zero attached hydrogens (tertiary/aromatic N) is 2. The number of alkyl halides is 1. The van der Waals surface area contributed by atoms with Crippen molar-refractivity contribution in [2.24, 2.45) is 5.92 Å². The number of hydrogen-bond acceptors (Lipinski definition) is 2. The van der Waals surface area contributed by atoms with Gasteiger partial charge in [0.15, 0.2) is 0 Å². The Morgan fingerprint density at radius 2 is 2.47 bits per heavy atom. The van der Waals surface area contributed by atoms with Crippen LogP contribution in [0.15, 0.2) is 12.4 Å². The maximum Gasteiger partial charge on any atom is 0.105 e. The highest BCUT2D eigenvalue weighted by Crippen LogP contribution is 2.35. The average molecular weight is 228 g/mol. The molecule has 1 aromatic rings. The third-order valence-electron chi connectivity index (χ3n) is 2.93. The van der Waals surface area contributed by atoms with E-state index in [9.17, 15) is 0 Å². The molecule has 1 heterocycles. The molecule has 3 nitrogen and oxygen atoms in total. The van der Waals surface area contributed by atoms with Crippen LogP contribution in [0.5, 0.6) is 0 Å². The number of hydrogen-bond donors (Lipinski definition) is 1. The van der Waals surface area contributed by atoms with Crippen LogP contribution in [0.25, 0.3) is 0 Å². The molecule has 0 spiro atoms. The van der Waals surface area contributed by atoms with E-state index in [1.165, 1.54) is 12.8 Å². The Kier molecular flexibility index (Phi) is 3.65. The summed E-state index contributed by atoms with van der Waals surface area (Å²) in [7, 11) is 0. The zero-order valence-electron chi connectivity index (χ0n) is 9.12. The lowest BCUT2D eigenvalue weighted by atomic mass is 10.3. The van der Waals surface area contributed by atoms with Gasteiger partial charge in [-0.1, -0.05) is 0 Å². The molecule has 1 aliphatic rings. The van der Waals surface area contributed by atoms with Gasteiger partial charge >= 0.3 is 0 Å². The zero-order chi connectivity index (χ0) is 10.7. The van der Waals surface area contributed by atoms with Crippen LogP contribution in [-0.4, -0.2) is 28.0 Å². The Hall–Kier alpha value is -0.540. The standard InChI is InChI=1S/C11H18ClN3/c1-9-14-5-7-15(9)6-4-13-8-11(12)10-2-3-10/h5,7,10-11,13H,2-4,6,8H2,1H3. The van der Waals surface area contributed by atoms with Crippen molar-refractivity contribution in [1.82, 2.24) is 14.9 Å². The maximum absolute atomic E-state index is 6.19. The van der Waals surface area contributed by atoms with Crippen LogP contribution in [0.4, 0.5) is 0 Å². The molecule has 1 unspecified atom stereocenters. The van der Waals surface area contributed by atoms with Crippen molar-refractivity contribution in [3.05, 3.63) is 18.2 Å². The molecule has 1 aliphatic carbocycles. The average Bonchev–Trinajstić information content (AvgIpc) is 2.99. The first-order valence-electron chi connectivity index (χ1n) is 5.60. The second-order valence-electron chi connectivity index (χ2n) is 4.23. The van der Waals surface area contributed by atoms with Crippen molar-refractivity contribution in [1.29, 1.82) is 0 Å². The van der Waals surface area contributed by atoms with Crippen molar-refractivity contribution in [2.45, 2.75) is 31.7 Å². The molecular formula is C11H18ClN3. The van der Waals surface area contributed by atoms with Crippen molar-refractivity contribution >= 4 is 11.6 Å². The fourth-order valence-electron chi connectivity index (χ4n) is 1.70. The highest BCUT2D eigenvalue weighted by molar-refractivity contribution is 6.21. The molecule has 1 fully saturated rings. The van der Waals surface area contributed by atoms with Gasteiger partial charge in [-0.3, -0.25) is 0 Å². The first-order chi connectivity index (χ1) is 7.27. The van der Waals surface area contributed by atoms with E-state index in [1.807, 2.05) is 19.3 Å². The van der Waals surface area contributed by atoms with Gasteiger partial charge in [-0.2, -0.15) is 0 Å². The Morgan fingerprint density at radius 1 is 1.67 bits per heavy atom. The molecule has 0 aromatic carbocycles. The minimum atomic E-state index is 0.328. The fraction of sp³-hybridized carbons (Fsp3) is 0.727. The summed E-state index contributed by atoms with van der Waals surface area (Å²) in [6.07, 6.45) is 6.48. The van der Waals surface area contributed by atoms with E-state index < -0.39 is 0 Å². The quantitative estimate of drug-likeness (QED) is 0.593. The van der Waals surface area contributed by atoms with Gasteiger partial charge in [-0.15, -0.1) is 11.6 Å². The summed E-state index contributed by atoms with van der Waals surface area (Å²) in [5.74, 6) is 1.84. The van der Waals surface area contributed by atoms with Gasteiger partial charge in [0.2, 0.25) is 0 Å². The number of rotatable bonds is 6. The first-order valence-corrected chi connectivity index (χ1v) is 6.03. The van der Waals surface area contributed by atoms with Crippen LogP contribution in [-0.2, 0) is 6.54 Å². The molecule has 0 radical (unpaired) electrons. The summed E-state index contributed by atoms with van der Waals surface area (Å²) in [4.78, 5) is 4.18. The molecule has 1 saturated carbocycles. The molecule has 1 atom stereocenters. The monoisotopic (exact) mass is 227 g/mol. The smallest absolute Gasteiger partial charge is 0.105 e. The second-order valence-corrected chi connectivity index (χ2v) is 4.79. The van der Waals surface area contributed by atoms with Gasteiger partial charge in [0, 0.05) is 37.4 Å². The van der Waals surface area contributed by atoms with E-state index in [-0.39, 0.29) is 0 Å². The number of nitrogens with one attached hydrogen (secondary N) is 1. The summed E-state index contributed by atoms with van der Waals surface area (Å²) < 4.78 is 2.15. The van der Waals surface area contributed by atoms with Gasteiger partial charge < -0.3 is 9.88 Å². The molecular weight excluding hydrogens is 210 g/mol. The lowest BCUT2D eigenvalue weighted by Gasteiger charge is -2.10. The Morgan fingerprint density at radius 3 is 3.07 bits per heavy atom. The number of aromatic nitrogens is 2. The van der Waals surface area contributed by atoms with Crippen molar-refractivity contribution < 1.29 is 0 Å². The summed E-state index contributed by atoms with van der Waals surface area (Å²) in [6.45, 7) is 4.89. The van der Waals surface area contributed by atoms with E-state index in [1.54, 1.807) is 0 Å². The van der Waals surface area contributed by atoms with Gasteiger partial charge in [0.1, 0.15) is 5.82 Å². The molecule has 0 amide bonds. The van der Waals surface area contributed by atoms with Crippen LogP contribution in [0.1, 0.15) is 18.7 Å². The van der Waals surface area contributed by atoms with E-state index >= 15 is 0 Å². The van der Waals surface area contributed by atoms with Crippen molar-refractivity contribution in [3.63, 3.8) is 0 Å². The van der Waals surface area contributed by atoms with Crippen molar-refractivity contribution in [2.75, 3.05) is 13.1 Å². The lowest BCUT2D eigenvalue weighted by Crippen LogP contribution is -2.27. The Labute approximate surface area is 95.8 Å². The molecule has 84 valence electrons. The lowest BCUT2D eigenvalue weighted by molar-refractivity contribution is 0.564. The molecule has 4 heteroatoms. The van der Waals surface area contributed by atoms with Crippen LogP contribution in [0.3, 0.4) is 0 Å². The zero-order valence-corrected chi connectivity index (χ0v) is 9.87. The van der Waals surface area contributed by atoms with Crippen LogP contribution in [0, 0.1) is 12.8 Å². The summed E-state index contributed by atoms with van der Waals surface area (Å²) in [6, 6.07) is 0. The molecule has 1 aromatic heterocycles. The van der Waals surface area contributed by atoms with Gasteiger partial charge in [-0.05, 0) is 25.7 Å². The van der Waals surface area contributed by atoms with E-state index in [4.69, 9.17) is 11.6 Å². The van der Waals surface area contributed by atoms with Gasteiger partial charge in [0.25, 0.3) is 0 Å². The van der Waals surface area contributed by atoms with Crippen LogP contribution in [0.2, 0.25) is 0 Å². The van der Waals surface area contributed by atoms with E-state index in [0.717, 1.165) is 31.4 Å². The SMILES string of the molecule is Cc1nccn1CCNCC(Cl)C1CC1. The highest BCUT2D eigenvalue weighted by atomic mass is 35.5. The second kappa shape index (κ2) is 4.99. The summed E-state index contributed by atoms with van der Waals surface area (Å²) in [5, 5.41) is 3.72. The topological polar surface area (TPSA) is 29.9 Å². The predicted molar refractivity (Wildman–Crippen MR) is 62.2 cm³/mol. The summed E-state index contributed by atoms with van der Waals surface area (Å²) in [5.41, 5.74) is 0. The molecule has 1 N–H and O–H groups in total. The molecule has 2 rings (SSSR count). The molecule has 0 bridgehead atoms. The number of aryl methyl sites for hydroxylation is 1. The number of imidazole rings is 1. The van der Waals surface area contributed by atoms with Gasteiger partial charge in [-0.25, -0.2) is 4.98 Å².